The van der Waals surface area contributed by atoms with E-state index < -0.39 is 18.1 Å². The van der Waals surface area contributed by atoms with Crippen LogP contribution in [-0.4, -0.2) is 43.5 Å². The summed E-state index contributed by atoms with van der Waals surface area (Å²) < 4.78 is 16.3. The maximum absolute atomic E-state index is 13.0. The molecule has 1 atom stereocenters. The van der Waals surface area contributed by atoms with E-state index in [2.05, 4.69) is 24.3 Å². The first kappa shape index (κ1) is 20.1. The molecule has 1 saturated heterocycles. The van der Waals surface area contributed by atoms with Crippen molar-refractivity contribution in [2.45, 2.75) is 18.4 Å². The van der Waals surface area contributed by atoms with Crippen LogP contribution in [0.5, 0.6) is 5.75 Å². The smallest absolute Gasteiger partial charge is 0.413 e. The zero-order chi connectivity index (χ0) is 22.1. The number of rotatable bonds is 5. The van der Waals surface area contributed by atoms with Crippen LogP contribution in [0, 0.1) is 0 Å². The summed E-state index contributed by atoms with van der Waals surface area (Å²) in [5.41, 5.74) is 5.44. The van der Waals surface area contributed by atoms with Crippen molar-refractivity contribution >= 4 is 12.1 Å². The minimum atomic E-state index is -0.748. The van der Waals surface area contributed by atoms with Gasteiger partial charge in [-0.2, -0.15) is 0 Å². The van der Waals surface area contributed by atoms with Gasteiger partial charge in [0.25, 0.3) is 0 Å². The fraction of sp³-hybridized carbons (Fsp3) is 0.231. The number of para-hydroxylation sites is 1. The molecule has 3 aromatic carbocycles. The predicted octanol–water partition coefficient (Wildman–Crippen LogP) is 4.37. The van der Waals surface area contributed by atoms with Crippen LogP contribution in [0.25, 0.3) is 11.1 Å². The second kappa shape index (κ2) is 8.38. The Kier molecular flexibility index (Phi) is 5.27. The molecule has 0 unspecified atom stereocenters. The lowest BCUT2D eigenvalue weighted by molar-refractivity contribution is -0.139. The molecular formula is C26H23NO5. The predicted molar refractivity (Wildman–Crippen MR) is 118 cm³/mol. The molecule has 1 amide bonds. The summed E-state index contributed by atoms with van der Waals surface area (Å²) in [6, 6.07) is 23.0. The summed E-state index contributed by atoms with van der Waals surface area (Å²) in [7, 11) is 1.58. The zero-order valence-electron chi connectivity index (χ0n) is 17.7. The van der Waals surface area contributed by atoms with Crippen LogP contribution >= 0.6 is 0 Å². The molecule has 0 aromatic heterocycles. The van der Waals surface area contributed by atoms with Crippen molar-refractivity contribution in [3.05, 3.63) is 89.5 Å². The van der Waals surface area contributed by atoms with Crippen LogP contribution in [0.4, 0.5) is 4.79 Å². The second-order valence-electron chi connectivity index (χ2n) is 7.90. The van der Waals surface area contributed by atoms with E-state index in [1.54, 1.807) is 7.11 Å². The number of ether oxygens (including phenoxy) is 3. The highest BCUT2D eigenvalue weighted by molar-refractivity contribution is 5.84. The van der Waals surface area contributed by atoms with Gasteiger partial charge in [-0.1, -0.05) is 66.7 Å². The first-order valence-corrected chi connectivity index (χ1v) is 10.6. The summed E-state index contributed by atoms with van der Waals surface area (Å²) in [5, 5.41) is 0. The van der Waals surface area contributed by atoms with Gasteiger partial charge in [0, 0.05) is 12.3 Å². The van der Waals surface area contributed by atoms with Crippen molar-refractivity contribution in [3.8, 4) is 16.9 Å². The van der Waals surface area contributed by atoms with Crippen LogP contribution in [0.1, 0.15) is 22.6 Å². The van der Waals surface area contributed by atoms with Crippen molar-refractivity contribution in [2.75, 3.05) is 20.4 Å². The van der Waals surface area contributed by atoms with Gasteiger partial charge in [-0.15, -0.1) is 0 Å². The third-order valence-corrected chi connectivity index (χ3v) is 6.17. The highest BCUT2D eigenvalue weighted by Crippen LogP contribution is 2.44. The molecule has 1 heterocycles. The number of carbonyl (C=O) groups is 2. The van der Waals surface area contributed by atoms with Gasteiger partial charge in [-0.3, -0.25) is 4.90 Å². The molecule has 3 aromatic rings. The molecule has 6 heteroatoms. The summed E-state index contributed by atoms with van der Waals surface area (Å²) in [5.74, 6) is 0.183. The number of benzene rings is 3. The maximum atomic E-state index is 13.0. The lowest BCUT2D eigenvalue weighted by atomic mass is 9.98. The molecule has 0 saturated carbocycles. The van der Waals surface area contributed by atoms with E-state index in [1.165, 1.54) is 4.90 Å². The van der Waals surface area contributed by atoms with Gasteiger partial charge >= 0.3 is 12.1 Å². The lowest BCUT2D eigenvalue weighted by Gasteiger charge is -2.22. The molecular weight excluding hydrogens is 406 g/mol. The van der Waals surface area contributed by atoms with Crippen LogP contribution in [0.2, 0.25) is 0 Å². The number of hydrogen-bond acceptors (Lipinski definition) is 5. The van der Waals surface area contributed by atoms with Crippen molar-refractivity contribution in [2.24, 2.45) is 0 Å². The minimum absolute atomic E-state index is 0.0433. The van der Waals surface area contributed by atoms with Crippen molar-refractivity contribution in [1.82, 2.24) is 4.90 Å². The third kappa shape index (κ3) is 3.47. The van der Waals surface area contributed by atoms with Gasteiger partial charge in [-0.25, -0.2) is 9.59 Å². The molecule has 0 N–H and O–H groups in total. The Hall–Kier alpha value is -3.80. The second-order valence-corrected chi connectivity index (χ2v) is 7.90. The van der Waals surface area contributed by atoms with E-state index >= 15 is 0 Å². The summed E-state index contributed by atoms with van der Waals surface area (Å²) >= 11 is 0. The van der Waals surface area contributed by atoms with Crippen molar-refractivity contribution in [3.63, 3.8) is 0 Å². The third-order valence-electron chi connectivity index (χ3n) is 6.17. The molecule has 2 aliphatic rings. The van der Waals surface area contributed by atoms with E-state index in [0.29, 0.717) is 12.2 Å². The summed E-state index contributed by atoms with van der Waals surface area (Å²) in [4.78, 5) is 26.7. The number of cyclic esters (lactones) is 1. The van der Waals surface area contributed by atoms with Crippen molar-refractivity contribution < 1.29 is 23.8 Å². The molecule has 0 spiro atoms. The molecule has 32 heavy (non-hydrogen) atoms. The van der Waals surface area contributed by atoms with Crippen molar-refractivity contribution in [1.29, 1.82) is 0 Å². The van der Waals surface area contributed by atoms with Gasteiger partial charge in [0.2, 0.25) is 0 Å². The standard InChI is InChI=1S/C26H23NO5/c1-30-24-13-7-2-8-17(24)14-23-25(28)32-16-27(23)26(29)31-15-22-20-11-5-3-9-18(20)19-10-4-6-12-21(19)22/h2-13,22-23H,14-16H2,1H3/t23-/m0/s1. The monoisotopic (exact) mass is 429 g/mol. The molecule has 1 aliphatic carbocycles. The molecule has 1 fully saturated rings. The Morgan fingerprint density at radius 2 is 1.59 bits per heavy atom. The van der Waals surface area contributed by atoms with E-state index in [-0.39, 0.29) is 19.3 Å². The van der Waals surface area contributed by atoms with Gasteiger partial charge in [0.15, 0.2) is 6.73 Å². The van der Waals surface area contributed by atoms with Gasteiger partial charge < -0.3 is 14.2 Å². The number of fused-ring (bicyclic) bond motifs is 3. The van der Waals surface area contributed by atoms with E-state index in [9.17, 15) is 9.59 Å². The van der Waals surface area contributed by atoms with Gasteiger partial charge in [0.1, 0.15) is 18.4 Å². The first-order valence-electron chi connectivity index (χ1n) is 10.6. The molecule has 0 radical (unpaired) electrons. The topological polar surface area (TPSA) is 65.1 Å². The SMILES string of the molecule is COc1ccccc1C[C@H]1C(=O)OCN1C(=O)OCC1c2ccccc2-c2ccccc21. The Morgan fingerprint density at radius 1 is 0.969 bits per heavy atom. The number of carbonyl (C=O) groups excluding carboxylic acids is 2. The maximum Gasteiger partial charge on any atom is 0.413 e. The van der Waals surface area contributed by atoms with E-state index in [4.69, 9.17) is 14.2 Å². The number of esters is 1. The van der Waals surface area contributed by atoms with E-state index in [0.717, 1.165) is 27.8 Å². The van der Waals surface area contributed by atoms with Crippen LogP contribution < -0.4 is 4.74 Å². The normalized spacial score (nSPS) is 17.0. The fourth-order valence-corrected chi connectivity index (χ4v) is 4.58. The van der Waals surface area contributed by atoms with Crippen LogP contribution in [-0.2, 0) is 20.7 Å². The largest absolute Gasteiger partial charge is 0.496 e. The first-order chi connectivity index (χ1) is 15.7. The number of hydrogen-bond donors (Lipinski definition) is 0. The number of amides is 1. The average molecular weight is 429 g/mol. The minimum Gasteiger partial charge on any atom is -0.496 e. The average Bonchev–Trinajstić information content (AvgIpc) is 3.36. The Labute approximate surface area is 186 Å². The zero-order valence-corrected chi connectivity index (χ0v) is 17.7. The highest BCUT2D eigenvalue weighted by atomic mass is 16.6. The summed E-state index contributed by atoms with van der Waals surface area (Å²) in [6.45, 7) is 0.0776. The highest BCUT2D eigenvalue weighted by Gasteiger charge is 2.40. The van der Waals surface area contributed by atoms with Crippen LogP contribution in [0.3, 0.4) is 0 Å². The lowest BCUT2D eigenvalue weighted by Crippen LogP contribution is -2.40. The number of nitrogens with zero attached hydrogens (tertiary/aromatic N) is 1. The molecule has 162 valence electrons. The molecule has 6 nitrogen and oxygen atoms in total. The Morgan fingerprint density at radius 3 is 2.28 bits per heavy atom. The van der Waals surface area contributed by atoms with E-state index in [1.807, 2.05) is 48.5 Å². The fourth-order valence-electron chi connectivity index (χ4n) is 4.58. The molecule has 1 aliphatic heterocycles. The van der Waals surface area contributed by atoms with Gasteiger partial charge in [0.05, 0.1) is 7.11 Å². The Balaban J connectivity index is 1.32. The van der Waals surface area contributed by atoms with Crippen LogP contribution in [0.15, 0.2) is 72.8 Å². The van der Waals surface area contributed by atoms with Gasteiger partial charge in [-0.05, 0) is 33.9 Å². The molecule has 5 rings (SSSR count). The quantitative estimate of drug-likeness (QED) is 0.564. The Bertz CT molecular complexity index is 1130. The number of methoxy groups -OCH3 is 1. The summed E-state index contributed by atoms with van der Waals surface area (Å²) in [6.07, 6.45) is -0.259. The molecule has 0 bridgehead atoms.